The second-order valence-electron chi connectivity index (χ2n) is 4.72. The third-order valence-corrected chi connectivity index (χ3v) is 3.63. The number of anilines is 1. The molecule has 1 aromatic rings. The lowest BCUT2D eigenvalue weighted by atomic mass is 9.93. The monoisotopic (exact) mass is 249 g/mol. The molecule has 98 valence electrons. The highest BCUT2D eigenvalue weighted by atomic mass is 16.1. The number of aromatic nitrogens is 2. The molecule has 0 radical (unpaired) electrons. The summed E-state index contributed by atoms with van der Waals surface area (Å²) in [5.41, 5.74) is -0.0561. The van der Waals surface area contributed by atoms with Crippen molar-refractivity contribution in [1.29, 1.82) is 0 Å². The van der Waals surface area contributed by atoms with Gasteiger partial charge in [-0.25, -0.2) is 4.98 Å². The number of rotatable bonds is 3. The Morgan fingerprint density at radius 1 is 1.39 bits per heavy atom. The maximum atomic E-state index is 12.1. The lowest BCUT2D eigenvalue weighted by Gasteiger charge is -2.31. The van der Waals surface area contributed by atoms with Gasteiger partial charge in [0.25, 0.3) is 5.56 Å². The largest absolute Gasteiger partial charge is 0.352 e. The smallest absolute Gasteiger partial charge is 0.293 e. The average Bonchev–Trinajstić information content (AvgIpc) is 2.39. The number of carbonyl (C=O) groups excluding carboxylic acids is 1. The molecule has 0 saturated heterocycles. The van der Waals surface area contributed by atoms with E-state index in [-0.39, 0.29) is 11.6 Å². The molecule has 5 nitrogen and oxygen atoms in total. The molecule has 5 heteroatoms. The molecule has 1 aromatic heterocycles. The molecule has 0 unspecified atom stereocenters. The third-order valence-electron chi connectivity index (χ3n) is 3.63. The van der Waals surface area contributed by atoms with E-state index in [9.17, 15) is 9.59 Å². The molecule has 1 fully saturated rings. The van der Waals surface area contributed by atoms with E-state index in [0.29, 0.717) is 31.0 Å². The van der Waals surface area contributed by atoms with Crippen LogP contribution in [0.1, 0.15) is 32.6 Å². The molecule has 1 aliphatic rings. The maximum absolute atomic E-state index is 12.1. The Balaban J connectivity index is 2.21. The number of Topliss-reactive ketones (excluding diaryl/α,β-unsaturated/α-hetero) is 1. The minimum Gasteiger partial charge on any atom is -0.352 e. The lowest BCUT2D eigenvalue weighted by molar-refractivity contribution is -0.120. The summed E-state index contributed by atoms with van der Waals surface area (Å²) in [5, 5.41) is 0. The number of aryl methyl sites for hydroxylation is 1. The van der Waals surface area contributed by atoms with Crippen LogP contribution in [-0.2, 0) is 11.3 Å². The Kier molecular flexibility index (Phi) is 3.79. The van der Waals surface area contributed by atoms with Crippen LogP contribution in [0, 0.1) is 0 Å². The average molecular weight is 249 g/mol. The lowest BCUT2D eigenvalue weighted by Crippen LogP contribution is -2.40. The predicted molar refractivity (Wildman–Crippen MR) is 69.8 cm³/mol. The van der Waals surface area contributed by atoms with Crippen molar-refractivity contribution in [3.63, 3.8) is 0 Å². The molecular weight excluding hydrogens is 230 g/mol. The summed E-state index contributed by atoms with van der Waals surface area (Å²) < 4.78 is 1.65. The summed E-state index contributed by atoms with van der Waals surface area (Å²) in [6.07, 6.45) is 6.22. The molecule has 0 amide bonds. The fourth-order valence-corrected chi connectivity index (χ4v) is 2.41. The van der Waals surface area contributed by atoms with Crippen molar-refractivity contribution in [2.24, 2.45) is 0 Å². The zero-order valence-electron chi connectivity index (χ0n) is 10.9. The first kappa shape index (κ1) is 12.8. The van der Waals surface area contributed by atoms with Crippen molar-refractivity contribution >= 4 is 11.6 Å². The van der Waals surface area contributed by atoms with Gasteiger partial charge in [0.05, 0.1) is 0 Å². The van der Waals surface area contributed by atoms with Crippen LogP contribution in [0.4, 0.5) is 5.82 Å². The number of hydrogen-bond donors (Lipinski definition) is 0. The van der Waals surface area contributed by atoms with E-state index in [1.54, 1.807) is 17.0 Å². The molecular formula is C13H19N3O2. The van der Waals surface area contributed by atoms with E-state index in [0.717, 1.165) is 12.8 Å². The maximum Gasteiger partial charge on any atom is 0.293 e. The summed E-state index contributed by atoms with van der Waals surface area (Å²) in [5.74, 6) is 0.810. The first-order valence-electron chi connectivity index (χ1n) is 6.43. The molecule has 1 saturated carbocycles. The van der Waals surface area contributed by atoms with Gasteiger partial charge in [0.15, 0.2) is 5.82 Å². The second kappa shape index (κ2) is 5.33. The van der Waals surface area contributed by atoms with Gasteiger partial charge in [0, 0.05) is 44.9 Å². The Hall–Kier alpha value is -1.65. The highest BCUT2D eigenvalue weighted by molar-refractivity contribution is 5.79. The number of carbonyl (C=O) groups is 1. The van der Waals surface area contributed by atoms with Gasteiger partial charge in [0.2, 0.25) is 0 Å². The summed E-state index contributed by atoms with van der Waals surface area (Å²) in [7, 11) is 1.89. The van der Waals surface area contributed by atoms with Gasteiger partial charge in [0.1, 0.15) is 5.78 Å². The fraction of sp³-hybridized carbons (Fsp3) is 0.615. The van der Waals surface area contributed by atoms with Crippen LogP contribution in [0.2, 0.25) is 0 Å². The minimum absolute atomic E-state index is 0.0561. The summed E-state index contributed by atoms with van der Waals surface area (Å²) in [4.78, 5) is 29.5. The first-order chi connectivity index (χ1) is 8.63. The van der Waals surface area contributed by atoms with Crippen LogP contribution in [-0.4, -0.2) is 28.4 Å². The molecule has 18 heavy (non-hydrogen) atoms. The molecule has 2 rings (SSSR count). The van der Waals surface area contributed by atoms with Crippen LogP contribution in [0.5, 0.6) is 0 Å². The van der Waals surface area contributed by atoms with Gasteiger partial charge >= 0.3 is 0 Å². The second-order valence-corrected chi connectivity index (χ2v) is 4.72. The summed E-state index contributed by atoms with van der Waals surface area (Å²) in [6.45, 7) is 2.58. The van der Waals surface area contributed by atoms with Gasteiger partial charge in [-0.1, -0.05) is 0 Å². The van der Waals surface area contributed by atoms with Crippen molar-refractivity contribution in [2.75, 3.05) is 11.9 Å². The summed E-state index contributed by atoms with van der Waals surface area (Å²) >= 11 is 0. The van der Waals surface area contributed by atoms with Crippen LogP contribution >= 0.6 is 0 Å². The molecule has 1 heterocycles. The standard InChI is InChI=1S/C13H19N3O2/c1-3-16-9-8-14-12(13(16)18)15(2)10-4-6-11(17)7-5-10/h8-10H,3-7H2,1-2H3. The van der Waals surface area contributed by atoms with Gasteiger partial charge in [-0.2, -0.15) is 0 Å². The van der Waals surface area contributed by atoms with Crippen LogP contribution < -0.4 is 10.5 Å². The van der Waals surface area contributed by atoms with Crippen molar-refractivity contribution < 1.29 is 4.79 Å². The van der Waals surface area contributed by atoms with E-state index in [2.05, 4.69) is 4.98 Å². The Labute approximate surface area is 106 Å². The van der Waals surface area contributed by atoms with Crippen LogP contribution in [0.3, 0.4) is 0 Å². The van der Waals surface area contributed by atoms with Crippen LogP contribution in [0.25, 0.3) is 0 Å². The van der Waals surface area contributed by atoms with Gasteiger partial charge < -0.3 is 9.47 Å². The van der Waals surface area contributed by atoms with Crippen molar-refractivity contribution in [3.8, 4) is 0 Å². The highest BCUT2D eigenvalue weighted by Crippen LogP contribution is 2.21. The summed E-state index contributed by atoms with van der Waals surface area (Å²) in [6, 6.07) is 0.246. The third kappa shape index (κ3) is 2.44. The van der Waals surface area contributed by atoms with E-state index in [1.165, 1.54) is 0 Å². The first-order valence-corrected chi connectivity index (χ1v) is 6.43. The molecule has 0 atom stereocenters. The van der Waals surface area contributed by atoms with Crippen molar-refractivity contribution in [1.82, 2.24) is 9.55 Å². The number of hydrogen-bond acceptors (Lipinski definition) is 4. The number of nitrogens with zero attached hydrogens (tertiary/aromatic N) is 3. The SMILES string of the molecule is CCn1ccnc(N(C)C2CCC(=O)CC2)c1=O. The predicted octanol–water partition coefficient (Wildman–Crippen LogP) is 1.21. The highest BCUT2D eigenvalue weighted by Gasteiger charge is 2.24. The molecule has 0 N–H and O–H groups in total. The van der Waals surface area contributed by atoms with E-state index in [4.69, 9.17) is 0 Å². The van der Waals surface area contributed by atoms with Gasteiger partial charge in [-0.15, -0.1) is 0 Å². The van der Waals surface area contributed by atoms with Crippen molar-refractivity contribution in [2.45, 2.75) is 45.2 Å². The molecule has 0 bridgehead atoms. The van der Waals surface area contributed by atoms with E-state index >= 15 is 0 Å². The topological polar surface area (TPSA) is 55.2 Å². The Bertz CT molecular complexity index is 485. The quantitative estimate of drug-likeness (QED) is 0.808. The van der Waals surface area contributed by atoms with Gasteiger partial charge in [-0.3, -0.25) is 9.59 Å². The molecule has 0 aromatic carbocycles. The van der Waals surface area contributed by atoms with Crippen LogP contribution in [0.15, 0.2) is 17.2 Å². The Morgan fingerprint density at radius 3 is 2.67 bits per heavy atom. The zero-order valence-corrected chi connectivity index (χ0v) is 10.9. The normalized spacial score (nSPS) is 16.9. The van der Waals surface area contributed by atoms with E-state index in [1.807, 2.05) is 18.9 Å². The minimum atomic E-state index is -0.0561. The Morgan fingerprint density at radius 2 is 2.06 bits per heavy atom. The zero-order chi connectivity index (χ0) is 13.1. The molecule has 0 aliphatic heterocycles. The molecule has 1 aliphatic carbocycles. The van der Waals surface area contributed by atoms with Crippen molar-refractivity contribution in [3.05, 3.63) is 22.7 Å². The number of ketones is 1. The fourth-order valence-electron chi connectivity index (χ4n) is 2.41. The molecule has 0 spiro atoms. The van der Waals surface area contributed by atoms with Gasteiger partial charge in [-0.05, 0) is 19.8 Å². The van der Waals surface area contributed by atoms with E-state index < -0.39 is 0 Å².